The molecule has 0 fully saturated rings. The van der Waals surface area contributed by atoms with Gasteiger partial charge in [-0.1, -0.05) is 6.42 Å². The fourth-order valence-electron chi connectivity index (χ4n) is 2.72. The predicted octanol–water partition coefficient (Wildman–Crippen LogP) is 4.22. The zero-order chi connectivity index (χ0) is 27.1. The number of hydrogen-bond acceptors (Lipinski definition) is 10. The largest absolute Gasteiger partial charge is 0.391 e. The molecular formula is C23H50O10P2. The second kappa shape index (κ2) is 18.4. The van der Waals surface area contributed by atoms with Crippen LogP contribution in [0.4, 0.5) is 0 Å². The van der Waals surface area contributed by atoms with Gasteiger partial charge in [-0.25, -0.2) is 0 Å². The smallest absolute Gasteiger partial charge is 0.191 e. The van der Waals surface area contributed by atoms with Gasteiger partial charge in [-0.3, -0.25) is 9.13 Å². The van der Waals surface area contributed by atoms with E-state index in [0.29, 0.717) is 25.2 Å². The monoisotopic (exact) mass is 548 g/mol. The van der Waals surface area contributed by atoms with Gasteiger partial charge in [0, 0.05) is 12.3 Å². The van der Waals surface area contributed by atoms with E-state index in [2.05, 4.69) is 0 Å². The van der Waals surface area contributed by atoms with E-state index in [1.54, 1.807) is 13.8 Å². The van der Waals surface area contributed by atoms with Gasteiger partial charge >= 0.3 is 0 Å². The molecular weight excluding hydrogens is 498 g/mol. The molecule has 0 radical (unpaired) electrons. The van der Waals surface area contributed by atoms with E-state index in [0.717, 1.165) is 6.42 Å². The van der Waals surface area contributed by atoms with E-state index in [1.165, 1.54) is 0 Å². The van der Waals surface area contributed by atoms with Crippen LogP contribution in [0.3, 0.4) is 0 Å². The summed E-state index contributed by atoms with van der Waals surface area (Å²) in [7, 11) is -4.43. The molecule has 2 N–H and O–H groups in total. The summed E-state index contributed by atoms with van der Waals surface area (Å²) >= 11 is 0. The van der Waals surface area contributed by atoms with Crippen molar-refractivity contribution in [3.8, 4) is 0 Å². The van der Waals surface area contributed by atoms with Gasteiger partial charge in [0.15, 0.2) is 28.6 Å². The summed E-state index contributed by atoms with van der Waals surface area (Å²) in [5.41, 5.74) is -1.03. The number of aliphatic hydroxyl groups is 2. The van der Waals surface area contributed by atoms with E-state index in [9.17, 15) is 19.3 Å². The first-order valence-electron chi connectivity index (χ1n) is 12.3. The van der Waals surface area contributed by atoms with E-state index < -0.39 is 45.9 Å². The molecule has 0 rings (SSSR count). The van der Waals surface area contributed by atoms with Gasteiger partial charge in [-0.05, 0) is 68.2 Å². The van der Waals surface area contributed by atoms with Crippen LogP contribution in [-0.4, -0.2) is 85.0 Å². The van der Waals surface area contributed by atoms with E-state index in [4.69, 9.17) is 28.0 Å². The van der Waals surface area contributed by atoms with Crippen LogP contribution >= 0.6 is 16.1 Å². The van der Waals surface area contributed by atoms with Crippen LogP contribution in [-0.2, 0) is 37.1 Å². The molecule has 6 atom stereocenters. The molecule has 0 heterocycles. The molecule has 0 aromatic carbocycles. The molecule has 0 amide bonds. The molecule has 0 spiro atoms. The van der Waals surface area contributed by atoms with E-state index in [1.807, 2.05) is 41.5 Å². The molecule has 0 bridgehead atoms. The summed E-state index contributed by atoms with van der Waals surface area (Å²) in [5.74, 6) is 0. The molecule has 0 saturated carbocycles. The minimum atomic E-state index is -2.28. The van der Waals surface area contributed by atoms with Crippen molar-refractivity contribution in [3.63, 3.8) is 0 Å². The standard InChI is InChI=1S/C23H50O10P2/c1-18(24)14-28-19(2)15-30-34(26)12-10-9-11-13-35(27)31-17-21(33-23(6,7)8)29-16-20(25)32-22(3,4)5/h18-21,24-25,34-35H,9-17H2,1-8H3. The van der Waals surface area contributed by atoms with Crippen molar-refractivity contribution in [1.29, 1.82) is 0 Å². The molecule has 6 unspecified atom stereocenters. The van der Waals surface area contributed by atoms with E-state index in [-0.39, 0.29) is 32.5 Å². The van der Waals surface area contributed by atoms with Crippen LogP contribution < -0.4 is 0 Å². The molecule has 0 aliphatic heterocycles. The summed E-state index contributed by atoms with van der Waals surface area (Å²) in [6, 6.07) is 0. The number of rotatable bonds is 20. The Kier molecular flexibility index (Phi) is 18.5. The van der Waals surface area contributed by atoms with Crippen molar-refractivity contribution in [2.24, 2.45) is 0 Å². The van der Waals surface area contributed by atoms with Gasteiger partial charge in [0.1, 0.15) is 13.2 Å². The summed E-state index contributed by atoms with van der Waals surface area (Å²) < 4.78 is 57.3. The molecule has 0 aliphatic carbocycles. The Morgan fingerprint density at radius 3 is 1.69 bits per heavy atom. The average molecular weight is 549 g/mol. The van der Waals surface area contributed by atoms with Crippen molar-refractivity contribution in [3.05, 3.63) is 0 Å². The summed E-state index contributed by atoms with van der Waals surface area (Å²) in [4.78, 5) is 0. The Hall–Kier alpha value is 0.140. The second-order valence-electron chi connectivity index (χ2n) is 10.6. The van der Waals surface area contributed by atoms with Gasteiger partial charge < -0.3 is 38.2 Å². The van der Waals surface area contributed by atoms with Gasteiger partial charge in [-0.15, -0.1) is 0 Å². The minimum absolute atomic E-state index is 0.0197. The zero-order valence-electron chi connectivity index (χ0n) is 22.8. The molecule has 12 heteroatoms. The molecule has 0 aromatic rings. The van der Waals surface area contributed by atoms with E-state index >= 15 is 0 Å². The maximum absolute atomic E-state index is 12.3. The van der Waals surface area contributed by atoms with Crippen LogP contribution in [0.25, 0.3) is 0 Å². The highest BCUT2D eigenvalue weighted by Gasteiger charge is 2.23. The van der Waals surface area contributed by atoms with Gasteiger partial charge in [0.2, 0.25) is 0 Å². The average Bonchev–Trinajstić information content (AvgIpc) is 2.70. The van der Waals surface area contributed by atoms with Crippen molar-refractivity contribution < 1.29 is 47.3 Å². The van der Waals surface area contributed by atoms with Crippen molar-refractivity contribution in [2.75, 3.05) is 38.8 Å². The fourth-order valence-corrected chi connectivity index (χ4v) is 4.83. The van der Waals surface area contributed by atoms with Crippen molar-refractivity contribution >= 4 is 16.1 Å². The lowest BCUT2D eigenvalue weighted by Crippen LogP contribution is -2.36. The highest BCUT2D eigenvalue weighted by atomic mass is 31.1. The SMILES string of the molecule is CC(O)COC(C)CO[PH](=O)CCCCC[PH](=O)OCC(OCC(O)OC(C)(C)C)OC(C)(C)C. The topological polar surface area (TPSA) is 130 Å². The minimum Gasteiger partial charge on any atom is -0.391 e. The van der Waals surface area contributed by atoms with Crippen molar-refractivity contribution in [1.82, 2.24) is 0 Å². The number of hydrogen-bond donors (Lipinski definition) is 2. The van der Waals surface area contributed by atoms with Gasteiger partial charge in [0.05, 0.1) is 36.6 Å². The first-order valence-corrected chi connectivity index (χ1v) is 15.4. The van der Waals surface area contributed by atoms with Gasteiger partial charge in [0.25, 0.3) is 0 Å². The third-order valence-electron chi connectivity index (χ3n) is 4.14. The zero-order valence-corrected chi connectivity index (χ0v) is 24.8. The first kappa shape index (κ1) is 35.1. The summed E-state index contributed by atoms with van der Waals surface area (Å²) in [5, 5.41) is 19.2. The molecule has 10 nitrogen and oxygen atoms in total. The Morgan fingerprint density at radius 2 is 1.20 bits per heavy atom. The second-order valence-corrected chi connectivity index (χ2v) is 13.7. The van der Waals surface area contributed by atoms with Crippen molar-refractivity contribution in [2.45, 2.75) is 111 Å². The van der Waals surface area contributed by atoms with Crippen LogP contribution in [0.2, 0.25) is 0 Å². The summed E-state index contributed by atoms with van der Waals surface area (Å²) in [6.45, 7) is 14.9. The molecule has 0 saturated heterocycles. The Morgan fingerprint density at radius 1 is 0.686 bits per heavy atom. The number of unbranched alkanes of at least 4 members (excludes halogenated alkanes) is 2. The lowest BCUT2D eigenvalue weighted by Gasteiger charge is -2.29. The predicted molar refractivity (Wildman–Crippen MR) is 138 cm³/mol. The highest BCUT2D eigenvalue weighted by molar-refractivity contribution is 7.39. The van der Waals surface area contributed by atoms with Crippen LogP contribution in [0.5, 0.6) is 0 Å². The van der Waals surface area contributed by atoms with Crippen LogP contribution in [0.1, 0.15) is 74.7 Å². The third-order valence-corrected chi connectivity index (χ3v) is 6.64. The highest BCUT2D eigenvalue weighted by Crippen LogP contribution is 2.28. The molecule has 35 heavy (non-hydrogen) atoms. The Labute approximate surface area is 213 Å². The first-order chi connectivity index (χ1) is 16.1. The van der Waals surface area contributed by atoms with Crippen LogP contribution in [0.15, 0.2) is 0 Å². The fraction of sp³-hybridized carbons (Fsp3) is 1.00. The molecule has 212 valence electrons. The Balaban J connectivity index is 4.14. The molecule has 0 aliphatic rings. The normalized spacial score (nSPS) is 18.1. The maximum Gasteiger partial charge on any atom is 0.191 e. The Bertz CT molecular complexity index is 590. The lowest BCUT2D eigenvalue weighted by atomic mass is 10.2. The number of ether oxygens (including phenoxy) is 4. The molecule has 0 aromatic heterocycles. The number of aliphatic hydroxyl groups excluding tert-OH is 2. The van der Waals surface area contributed by atoms with Crippen LogP contribution in [0, 0.1) is 0 Å². The maximum atomic E-state index is 12.3. The summed E-state index contributed by atoms with van der Waals surface area (Å²) in [6.07, 6.45) is 0.347. The van der Waals surface area contributed by atoms with Gasteiger partial charge in [-0.2, -0.15) is 0 Å². The third kappa shape index (κ3) is 24.2. The lowest BCUT2D eigenvalue weighted by molar-refractivity contribution is -0.252. The quantitative estimate of drug-likeness (QED) is 0.130.